The van der Waals surface area contributed by atoms with Gasteiger partial charge in [-0.1, -0.05) is 29.5 Å². The van der Waals surface area contributed by atoms with Crippen molar-refractivity contribution in [3.8, 4) is 11.8 Å². The summed E-state index contributed by atoms with van der Waals surface area (Å²) < 4.78 is 5.44. The molecule has 6 heteroatoms. The lowest BCUT2D eigenvalue weighted by atomic mass is 10.0. The molecule has 3 rings (SSSR count). The van der Waals surface area contributed by atoms with Gasteiger partial charge in [-0.15, -0.1) is 0 Å². The number of halogens is 1. The zero-order valence-electron chi connectivity index (χ0n) is 14.1. The molecule has 1 aliphatic rings. The van der Waals surface area contributed by atoms with Gasteiger partial charge in [0.25, 0.3) is 5.91 Å². The fourth-order valence-corrected chi connectivity index (χ4v) is 2.76. The van der Waals surface area contributed by atoms with E-state index in [9.17, 15) is 4.79 Å². The van der Waals surface area contributed by atoms with E-state index in [0.29, 0.717) is 30.3 Å². The molecule has 1 aromatic carbocycles. The van der Waals surface area contributed by atoms with Crippen molar-refractivity contribution < 1.29 is 9.53 Å². The van der Waals surface area contributed by atoms with Crippen LogP contribution >= 0.6 is 11.6 Å². The van der Waals surface area contributed by atoms with Crippen LogP contribution < -0.4 is 0 Å². The first-order chi connectivity index (χ1) is 12.0. The molecule has 1 saturated heterocycles. The Balaban J connectivity index is 1.75. The number of carbonyl (C=O) groups excluding carboxylic acids is 1. The van der Waals surface area contributed by atoms with E-state index in [0.717, 1.165) is 5.56 Å². The van der Waals surface area contributed by atoms with Crippen molar-refractivity contribution in [3.05, 3.63) is 58.6 Å². The Bertz CT molecular complexity index is 838. The van der Waals surface area contributed by atoms with Gasteiger partial charge in [-0.2, -0.15) is 0 Å². The molecule has 1 fully saturated rings. The van der Waals surface area contributed by atoms with Crippen molar-refractivity contribution in [1.29, 1.82) is 0 Å². The molecular formula is C19H18ClN3O2. The van der Waals surface area contributed by atoms with Crippen molar-refractivity contribution in [1.82, 2.24) is 14.9 Å². The maximum atomic E-state index is 12.6. The molecule has 1 aliphatic heterocycles. The maximum Gasteiger partial charge on any atom is 0.292 e. The average Bonchev–Trinajstić information content (AvgIpc) is 2.60. The van der Waals surface area contributed by atoms with Gasteiger partial charge in [0.05, 0.1) is 24.3 Å². The molecule has 1 amide bonds. The van der Waals surface area contributed by atoms with Crippen molar-refractivity contribution in [2.24, 2.45) is 0 Å². The first kappa shape index (κ1) is 17.4. The van der Waals surface area contributed by atoms with E-state index in [-0.39, 0.29) is 17.3 Å². The minimum atomic E-state index is -0.371. The monoisotopic (exact) mass is 355 g/mol. The third kappa shape index (κ3) is 4.16. The second kappa shape index (κ2) is 7.22. The van der Waals surface area contributed by atoms with Gasteiger partial charge in [-0.05, 0) is 32.0 Å². The molecule has 0 bridgehead atoms. The molecule has 5 nitrogen and oxygen atoms in total. The van der Waals surface area contributed by atoms with Crippen molar-refractivity contribution in [2.75, 3.05) is 19.8 Å². The highest BCUT2D eigenvalue weighted by molar-refractivity contribution is 6.30. The first-order valence-electron chi connectivity index (χ1n) is 7.95. The zero-order chi connectivity index (χ0) is 17.9. The fourth-order valence-electron chi connectivity index (χ4n) is 2.57. The summed E-state index contributed by atoms with van der Waals surface area (Å²) in [6.45, 7) is 5.50. The van der Waals surface area contributed by atoms with Crippen molar-refractivity contribution >= 4 is 17.5 Å². The van der Waals surface area contributed by atoms with E-state index in [2.05, 4.69) is 21.8 Å². The summed E-state index contributed by atoms with van der Waals surface area (Å²) in [6.07, 6.45) is 3.12. The number of benzene rings is 1. The van der Waals surface area contributed by atoms with E-state index in [1.54, 1.807) is 29.4 Å². The highest BCUT2D eigenvalue weighted by Crippen LogP contribution is 2.20. The standard InChI is InChI=1S/C19H18ClN3O2/c1-19(2)13-25-9-8-23(19)18(24)17-21-11-15(12-22-17)7-6-14-4-3-5-16(20)10-14/h3-5,10-12H,8-9,13H2,1-2H3. The van der Waals surface area contributed by atoms with E-state index in [1.165, 1.54) is 0 Å². The summed E-state index contributed by atoms with van der Waals surface area (Å²) in [6, 6.07) is 7.30. The molecule has 0 aliphatic carbocycles. The summed E-state index contributed by atoms with van der Waals surface area (Å²) in [4.78, 5) is 22.7. The van der Waals surface area contributed by atoms with E-state index in [1.807, 2.05) is 26.0 Å². The van der Waals surface area contributed by atoms with Gasteiger partial charge in [-0.25, -0.2) is 9.97 Å². The Morgan fingerprint density at radius 3 is 2.64 bits per heavy atom. The lowest BCUT2D eigenvalue weighted by molar-refractivity contribution is -0.0376. The van der Waals surface area contributed by atoms with Crippen LogP contribution in [0.4, 0.5) is 0 Å². The zero-order valence-corrected chi connectivity index (χ0v) is 14.9. The molecular weight excluding hydrogens is 338 g/mol. The molecule has 0 spiro atoms. The Hall–Kier alpha value is -2.42. The Morgan fingerprint density at radius 2 is 1.96 bits per heavy atom. The van der Waals surface area contributed by atoms with Crippen LogP contribution in [0.2, 0.25) is 5.02 Å². The quantitative estimate of drug-likeness (QED) is 0.738. The lowest BCUT2D eigenvalue weighted by Gasteiger charge is -2.41. The molecule has 25 heavy (non-hydrogen) atoms. The Kier molecular flexibility index (Phi) is 5.03. The minimum Gasteiger partial charge on any atom is -0.377 e. The Morgan fingerprint density at radius 1 is 1.24 bits per heavy atom. The van der Waals surface area contributed by atoms with E-state index < -0.39 is 0 Å². The van der Waals surface area contributed by atoms with Gasteiger partial charge in [-0.3, -0.25) is 4.79 Å². The molecule has 1 aromatic heterocycles. The van der Waals surface area contributed by atoms with E-state index in [4.69, 9.17) is 16.3 Å². The van der Waals surface area contributed by atoms with Crippen molar-refractivity contribution in [3.63, 3.8) is 0 Å². The predicted octanol–water partition coefficient (Wildman–Crippen LogP) is 2.78. The SMILES string of the molecule is CC1(C)COCCN1C(=O)c1ncc(C#Cc2cccc(Cl)c2)cn1. The fraction of sp³-hybridized carbons (Fsp3) is 0.316. The van der Waals surface area contributed by atoms with Gasteiger partial charge in [0.2, 0.25) is 5.82 Å². The third-order valence-corrected chi connectivity index (χ3v) is 4.14. The van der Waals surface area contributed by atoms with Crippen LogP contribution in [-0.2, 0) is 4.74 Å². The number of nitrogens with zero attached hydrogens (tertiary/aromatic N) is 3. The van der Waals surface area contributed by atoms with Gasteiger partial charge < -0.3 is 9.64 Å². The number of amides is 1. The third-order valence-electron chi connectivity index (χ3n) is 3.91. The van der Waals surface area contributed by atoms with Crippen LogP contribution in [0.5, 0.6) is 0 Å². The normalized spacial score (nSPS) is 16.0. The molecule has 0 N–H and O–H groups in total. The maximum absolute atomic E-state index is 12.6. The number of hydrogen-bond donors (Lipinski definition) is 0. The highest BCUT2D eigenvalue weighted by Gasteiger charge is 2.35. The molecule has 0 radical (unpaired) electrons. The molecule has 0 atom stereocenters. The van der Waals surface area contributed by atoms with Crippen LogP contribution in [0.3, 0.4) is 0 Å². The molecule has 128 valence electrons. The number of hydrogen-bond acceptors (Lipinski definition) is 4. The summed E-state index contributed by atoms with van der Waals surface area (Å²) in [7, 11) is 0. The predicted molar refractivity (Wildman–Crippen MR) is 95.4 cm³/mol. The second-order valence-corrected chi connectivity index (χ2v) is 6.81. The van der Waals surface area contributed by atoms with Gasteiger partial charge in [0.1, 0.15) is 0 Å². The second-order valence-electron chi connectivity index (χ2n) is 6.38. The molecule has 0 saturated carbocycles. The van der Waals surface area contributed by atoms with Crippen LogP contribution in [0.25, 0.3) is 0 Å². The summed E-state index contributed by atoms with van der Waals surface area (Å²) in [5.41, 5.74) is 1.07. The largest absolute Gasteiger partial charge is 0.377 e. The van der Waals surface area contributed by atoms with Gasteiger partial charge in [0, 0.05) is 29.5 Å². The van der Waals surface area contributed by atoms with E-state index >= 15 is 0 Å². The van der Waals surface area contributed by atoms with Crippen LogP contribution in [0.1, 0.15) is 35.6 Å². The number of morpholine rings is 1. The van der Waals surface area contributed by atoms with Crippen molar-refractivity contribution in [2.45, 2.75) is 19.4 Å². The highest BCUT2D eigenvalue weighted by atomic mass is 35.5. The average molecular weight is 356 g/mol. The Labute approximate surface area is 152 Å². The number of rotatable bonds is 1. The number of ether oxygens (including phenoxy) is 1. The van der Waals surface area contributed by atoms with Crippen LogP contribution in [0.15, 0.2) is 36.7 Å². The topological polar surface area (TPSA) is 55.3 Å². The molecule has 0 unspecified atom stereocenters. The number of aromatic nitrogens is 2. The summed E-state index contributed by atoms with van der Waals surface area (Å²) in [5.74, 6) is 5.95. The minimum absolute atomic E-state index is 0.170. The smallest absolute Gasteiger partial charge is 0.292 e. The van der Waals surface area contributed by atoms with Gasteiger partial charge in [0.15, 0.2) is 0 Å². The molecule has 2 heterocycles. The van der Waals surface area contributed by atoms with Crippen LogP contribution in [0, 0.1) is 11.8 Å². The molecule has 2 aromatic rings. The lowest BCUT2D eigenvalue weighted by Crippen LogP contribution is -2.55. The van der Waals surface area contributed by atoms with Gasteiger partial charge >= 0.3 is 0 Å². The summed E-state index contributed by atoms with van der Waals surface area (Å²) >= 11 is 5.94. The number of carbonyl (C=O) groups is 1. The van der Waals surface area contributed by atoms with Crippen LogP contribution in [-0.4, -0.2) is 46.1 Å². The summed E-state index contributed by atoms with van der Waals surface area (Å²) in [5, 5.41) is 0.636. The first-order valence-corrected chi connectivity index (χ1v) is 8.33.